The number of carbonyl (C=O) groups excluding carboxylic acids is 2. The SMILES string of the molecule is O=C(NC(=S)Nc1ccc(C(=O)N2CCOCC2)cc1)c1ccccc1Cl. The molecule has 0 saturated carbocycles. The predicted molar refractivity (Wildman–Crippen MR) is 108 cm³/mol. The molecule has 0 unspecified atom stereocenters. The van der Waals surface area contributed by atoms with Crippen LogP contribution in [0.2, 0.25) is 5.02 Å². The number of halogens is 1. The second-order valence-corrected chi connectivity index (χ2v) is 6.69. The molecule has 0 aliphatic carbocycles. The van der Waals surface area contributed by atoms with Gasteiger partial charge < -0.3 is 15.0 Å². The number of anilines is 1. The summed E-state index contributed by atoms with van der Waals surface area (Å²) >= 11 is 11.2. The standard InChI is InChI=1S/C19H18ClN3O3S/c20-16-4-2-1-3-15(16)17(24)22-19(27)21-14-7-5-13(6-8-14)18(25)23-9-11-26-12-10-23/h1-8H,9-12H2,(H2,21,22,24,27). The van der Waals surface area contributed by atoms with Crippen molar-refractivity contribution in [1.82, 2.24) is 10.2 Å². The summed E-state index contributed by atoms with van der Waals surface area (Å²) in [5.74, 6) is -0.420. The van der Waals surface area contributed by atoms with Crippen molar-refractivity contribution in [3.63, 3.8) is 0 Å². The molecule has 0 radical (unpaired) electrons. The van der Waals surface area contributed by atoms with Crippen molar-refractivity contribution in [3.05, 3.63) is 64.7 Å². The van der Waals surface area contributed by atoms with E-state index in [9.17, 15) is 9.59 Å². The summed E-state index contributed by atoms with van der Waals surface area (Å²) in [4.78, 5) is 26.4. The third kappa shape index (κ3) is 5.03. The maximum absolute atomic E-state index is 12.4. The van der Waals surface area contributed by atoms with E-state index in [1.807, 2.05) is 0 Å². The number of morpholine rings is 1. The highest BCUT2D eigenvalue weighted by atomic mass is 35.5. The molecule has 1 fully saturated rings. The topological polar surface area (TPSA) is 70.7 Å². The minimum Gasteiger partial charge on any atom is -0.378 e. The van der Waals surface area contributed by atoms with E-state index in [2.05, 4.69) is 10.6 Å². The van der Waals surface area contributed by atoms with Gasteiger partial charge in [0.05, 0.1) is 23.8 Å². The summed E-state index contributed by atoms with van der Waals surface area (Å²) in [6.07, 6.45) is 0. The minimum atomic E-state index is -0.391. The van der Waals surface area contributed by atoms with Crippen molar-refractivity contribution >= 4 is 46.4 Å². The van der Waals surface area contributed by atoms with Crippen LogP contribution in [0.25, 0.3) is 0 Å². The molecule has 2 aromatic rings. The normalized spacial score (nSPS) is 13.7. The Morgan fingerprint density at radius 1 is 1.04 bits per heavy atom. The lowest BCUT2D eigenvalue weighted by Crippen LogP contribution is -2.40. The van der Waals surface area contributed by atoms with Gasteiger partial charge in [0.15, 0.2) is 5.11 Å². The second kappa shape index (κ2) is 8.94. The van der Waals surface area contributed by atoms with Crippen LogP contribution in [0.15, 0.2) is 48.5 Å². The molecule has 1 aliphatic heterocycles. The van der Waals surface area contributed by atoms with E-state index in [0.29, 0.717) is 48.1 Å². The molecule has 2 N–H and O–H groups in total. The van der Waals surface area contributed by atoms with Crippen LogP contribution < -0.4 is 10.6 Å². The number of amides is 2. The third-order valence-corrected chi connectivity index (χ3v) is 4.57. The molecule has 8 heteroatoms. The highest BCUT2D eigenvalue weighted by Crippen LogP contribution is 2.15. The third-order valence-electron chi connectivity index (χ3n) is 4.03. The van der Waals surface area contributed by atoms with Crippen LogP contribution in [-0.4, -0.2) is 48.1 Å². The van der Waals surface area contributed by atoms with Crippen LogP contribution in [-0.2, 0) is 4.74 Å². The Kier molecular flexibility index (Phi) is 6.39. The lowest BCUT2D eigenvalue weighted by molar-refractivity contribution is 0.0303. The van der Waals surface area contributed by atoms with Crippen molar-refractivity contribution in [2.45, 2.75) is 0 Å². The van der Waals surface area contributed by atoms with Crippen LogP contribution in [0.4, 0.5) is 5.69 Å². The maximum atomic E-state index is 12.4. The molecule has 0 atom stereocenters. The fourth-order valence-corrected chi connectivity index (χ4v) is 3.06. The summed E-state index contributed by atoms with van der Waals surface area (Å²) in [5.41, 5.74) is 1.60. The molecule has 1 saturated heterocycles. The number of nitrogens with zero attached hydrogens (tertiary/aromatic N) is 1. The van der Waals surface area contributed by atoms with Gasteiger partial charge in [0, 0.05) is 24.3 Å². The van der Waals surface area contributed by atoms with Crippen LogP contribution in [0.5, 0.6) is 0 Å². The van der Waals surface area contributed by atoms with Gasteiger partial charge in [0.2, 0.25) is 0 Å². The first-order valence-electron chi connectivity index (χ1n) is 8.38. The Hall–Kier alpha value is -2.48. The number of nitrogens with one attached hydrogen (secondary N) is 2. The van der Waals surface area contributed by atoms with E-state index >= 15 is 0 Å². The average molecular weight is 404 g/mol. The molecule has 2 aromatic carbocycles. The fraction of sp³-hybridized carbons (Fsp3) is 0.211. The highest BCUT2D eigenvalue weighted by molar-refractivity contribution is 7.80. The highest BCUT2D eigenvalue weighted by Gasteiger charge is 2.18. The Labute approximate surface area is 167 Å². The average Bonchev–Trinajstić information content (AvgIpc) is 2.69. The Morgan fingerprint density at radius 3 is 2.37 bits per heavy atom. The molecular formula is C19H18ClN3O3S. The van der Waals surface area contributed by atoms with E-state index in [0.717, 1.165) is 0 Å². The smallest absolute Gasteiger partial charge is 0.258 e. The van der Waals surface area contributed by atoms with E-state index in [1.54, 1.807) is 53.4 Å². The van der Waals surface area contributed by atoms with Gasteiger partial charge in [-0.25, -0.2) is 0 Å². The van der Waals surface area contributed by atoms with Gasteiger partial charge in [-0.2, -0.15) is 0 Å². The quantitative estimate of drug-likeness (QED) is 0.771. The first-order chi connectivity index (χ1) is 13.0. The lowest BCUT2D eigenvalue weighted by atomic mass is 10.1. The minimum absolute atomic E-state index is 0.0283. The molecular weight excluding hydrogens is 386 g/mol. The van der Waals surface area contributed by atoms with Crippen molar-refractivity contribution in [1.29, 1.82) is 0 Å². The Bertz CT molecular complexity index is 852. The zero-order chi connectivity index (χ0) is 19.2. The summed E-state index contributed by atoms with van der Waals surface area (Å²) in [5, 5.41) is 6.00. The predicted octanol–water partition coefficient (Wildman–Crippen LogP) is 2.94. The van der Waals surface area contributed by atoms with Gasteiger partial charge in [-0.15, -0.1) is 0 Å². The van der Waals surface area contributed by atoms with Crippen molar-refractivity contribution in [2.24, 2.45) is 0 Å². The molecule has 2 amide bonds. The van der Waals surface area contributed by atoms with Gasteiger partial charge >= 0.3 is 0 Å². The zero-order valence-corrected chi connectivity index (χ0v) is 16.0. The number of thiocarbonyl (C=S) groups is 1. The molecule has 6 nitrogen and oxygen atoms in total. The van der Waals surface area contributed by atoms with E-state index < -0.39 is 5.91 Å². The van der Waals surface area contributed by atoms with Crippen LogP contribution in [0.1, 0.15) is 20.7 Å². The summed E-state index contributed by atoms with van der Waals surface area (Å²) in [6.45, 7) is 2.31. The van der Waals surface area contributed by atoms with E-state index in [1.165, 1.54) is 0 Å². The fourth-order valence-electron chi connectivity index (χ4n) is 2.62. The molecule has 0 bridgehead atoms. The molecule has 1 heterocycles. The number of ether oxygens (including phenoxy) is 1. The molecule has 0 aromatic heterocycles. The van der Waals surface area contributed by atoms with Gasteiger partial charge in [-0.1, -0.05) is 23.7 Å². The Morgan fingerprint density at radius 2 is 1.70 bits per heavy atom. The molecule has 1 aliphatic rings. The molecule has 140 valence electrons. The van der Waals surface area contributed by atoms with Crippen molar-refractivity contribution in [2.75, 3.05) is 31.6 Å². The molecule has 3 rings (SSSR count). The monoisotopic (exact) mass is 403 g/mol. The number of carbonyl (C=O) groups is 2. The lowest BCUT2D eigenvalue weighted by Gasteiger charge is -2.26. The first kappa shape index (κ1) is 19.3. The largest absolute Gasteiger partial charge is 0.378 e. The molecule has 0 spiro atoms. The number of rotatable bonds is 3. The Balaban J connectivity index is 1.57. The number of benzene rings is 2. The van der Waals surface area contributed by atoms with Crippen LogP contribution in [0, 0.1) is 0 Å². The van der Waals surface area contributed by atoms with Gasteiger partial charge in [-0.3, -0.25) is 14.9 Å². The summed E-state index contributed by atoms with van der Waals surface area (Å²) in [7, 11) is 0. The second-order valence-electron chi connectivity index (χ2n) is 5.87. The van der Waals surface area contributed by atoms with Crippen molar-refractivity contribution < 1.29 is 14.3 Å². The first-order valence-corrected chi connectivity index (χ1v) is 9.17. The van der Waals surface area contributed by atoms with Gasteiger partial charge in [0.1, 0.15) is 0 Å². The van der Waals surface area contributed by atoms with Crippen molar-refractivity contribution in [3.8, 4) is 0 Å². The maximum Gasteiger partial charge on any atom is 0.258 e. The number of hydrogen-bond donors (Lipinski definition) is 2. The summed E-state index contributed by atoms with van der Waals surface area (Å²) < 4.78 is 5.26. The number of hydrogen-bond acceptors (Lipinski definition) is 4. The zero-order valence-electron chi connectivity index (χ0n) is 14.4. The summed E-state index contributed by atoms with van der Waals surface area (Å²) in [6, 6.07) is 13.6. The van der Waals surface area contributed by atoms with E-state index in [-0.39, 0.29) is 11.0 Å². The van der Waals surface area contributed by atoms with Crippen LogP contribution in [0.3, 0.4) is 0 Å². The molecule has 27 heavy (non-hydrogen) atoms. The van der Waals surface area contributed by atoms with Crippen LogP contribution >= 0.6 is 23.8 Å². The van der Waals surface area contributed by atoms with Gasteiger partial charge in [-0.05, 0) is 48.6 Å². The van der Waals surface area contributed by atoms with Gasteiger partial charge in [0.25, 0.3) is 11.8 Å². The van der Waals surface area contributed by atoms with E-state index in [4.69, 9.17) is 28.6 Å².